The summed E-state index contributed by atoms with van der Waals surface area (Å²) < 4.78 is 0.889. The molecule has 2 amide bonds. The van der Waals surface area contributed by atoms with Crippen LogP contribution in [0.25, 0.3) is 0 Å². The molecule has 4 N–H and O–H groups in total. The molecule has 0 unspecified atom stereocenters. The fourth-order valence-corrected chi connectivity index (χ4v) is 3.19. The number of aromatic nitrogens is 2. The van der Waals surface area contributed by atoms with E-state index in [1.807, 2.05) is 6.92 Å². The SMILES string of the molecule is Cc1nc(N)sc1SCC(=O)NC(=O)c1ccc[nH]1. The molecular formula is C11H12N4O2S2. The number of thiazole rings is 1. The minimum Gasteiger partial charge on any atom is -0.375 e. The van der Waals surface area contributed by atoms with Gasteiger partial charge in [0.15, 0.2) is 5.13 Å². The topological polar surface area (TPSA) is 101 Å². The fraction of sp³-hybridized carbons (Fsp3) is 0.182. The lowest BCUT2D eigenvalue weighted by Gasteiger charge is -2.02. The predicted molar refractivity (Wildman–Crippen MR) is 75.3 cm³/mol. The number of hydrogen-bond acceptors (Lipinski definition) is 6. The highest BCUT2D eigenvalue weighted by Crippen LogP contribution is 2.30. The van der Waals surface area contributed by atoms with Gasteiger partial charge in [-0.2, -0.15) is 0 Å². The molecule has 0 saturated heterocycles. The van der Waals surface area contributed by atoms with Crippen molar-refractivity contribution in [3.63, 3.8) is 0 Å². The van der Waals surface area contributed by atoms with E-state index >= 15 is 0 Å². The highest BCUT2D eigenvalue weighted by Gasteiger charge is 2.13. The molecule has 0 fully saturated rings. The van der Waals surface area contributed by atoms with Gasteiger partial charge >= 0.3 is 0 Å². The second kappa shape index (κ2) is 5.89. The number of hydrogen-bond donors (Lipinski definition) is 3. The van der Waals surface area contributed by atoms with Gasteiger partial charge in [-0.15, -0.1) is 11.8 Å². The largest absolute Gasteiger partial charge is 0.375 e. The predicted octanol–water partition coefficient (Wildman–Crippen LogP) is 1.41. The molecular weight excluding hydrogens is 284 g/mol. The molecule has 2 aromatic heterocycles. The Labute approximate surface area is 117 Å². The first-order valence-electron chi connectivity index (χ1n) is 5.39. The zero-order valence-corrected chi connectivity index (χ0v) is 11.7. The van der Waals surface area contributed by atoms with E-state index in [-0.39, 0.29) is 11.7 Å². The van der Waals surface area contributed by atoms with Crippen LogP contribution in [0.4, 0.5) is 5.13 Å². The summed E-state index contributed by atoms with van der Waals surface area (Å²) in [4.78, 5) is 30.0. The van der Waals surface area contributed by atoms with Crippen molar-refractivity contribution in [2.75, 3.05) is 11.5 Å². The number of carbonyl (C=O) groups excluding carboxylic acids is 2. The van der Waals surface area contributed by atoms with Gasteiger partial charge in [-0.25, -0.2) is 4.98 Å². The molecule has 2 rings (SSSR count). The van der Waals surface area contributed by atoms with Gasteiger partial charge in [0, 0.05) is 6.20 Å². The summed E-state index contributed by atoms with van der Waals surface area (Å²) in [6.45, 7) is 1.83. The second-order valence-corrected chi connectivity index (χ2v) is 5.95. The Morgan fingerprint density at radius 2 is 2.37 bits per heavy atom. The van der Waals surface area contributed by atoms with Crippen molar-refractivity contribution in [1.29, 1.82) is 0 Å². The molecule has 0 atom stereocenters. The third-order valence-electron chi connectivity index (χ3n) is 2.20. The van der Waals surface area contributed by atoms with E-state index in [9.17, 15) is 9.59 Å². The van der Waals surface area contributed by atoms with Crippen molar-refractivity contribution in [2.45, 2.75) is 11.1 Å². The minimum atomic E-state index is -0.434. The van der Waals surface area contributed by atoms with Crippen molar-refractivity contribution in [1.82, 2.24) is 15.3 Å². The molecule has 0 aromatic carbocycles. The number of aromatic amines is 1. The van der Waals surface area contributed by atoms with Gasteiger partial charge in [-0.3, -0.25) is 14.9 Å². The summed E-state index contributed by atoms with van der Waals surface area (Å²) >= 11 is 2.65. The summed E-state index contributed by atoms with van der Waals surface area (Å²) in [5, 5.41) is 2.78. The Balaban J connectivity index is 1.85. The van der Waals surface area contributed by atoms with E-state index in [1.165, 1.54) is 23.1 Å². The first-order valence-corrected chi connectivity index (χ1v) is 7.19. The number of H-pyrrole nitrogens is 1. The molecule has 19 heavy (non-hydrogen) atoms. The smallest absolute Gasteiger partial charge is 0.274 e. The lowest BCUT2D eigenvalue weighted by atomic mass is 10.4. The standard InChI is InChI=1S/C11H12N4O2S2/c1-6-10(19-11(12)14-6)18-5-8(16)15-9(17)7-3-2-4-13-7/h2-4,13H,5H2,1H3,(H2,12,14)(H,15,16,17). The van der Waals surface area contributed by atoms with Crippen LogP contribution < -0.4 is 11.1 Å². The average Bonchev–Trinajstić information content (AvgIpc) is 2.96. The molecule has 2 heterocycles. The Bertz CT molecular complexity index is 592. The molecule has 0 saturated carbocycles. The van der Waals surface area contributed by atoms with E-state index < -0.39 is 5.91 Å². The summed E-state index contributed by atoms with van der Waals surface area (Å²) in [6, 6.07) is 3.29. The van der Waals surface area contributed by atoms with E-state index in [4.69, 9.17) is 5.73 Å². The summed E-state index contributed by atoms with van der Waals surface area (Å²) in [5.74, 6) is -0.637. The van der Waals surface area contributed by atoms with Crippen LogP contribution in [-0.2, 0) is 4.79 Å². The minimum absolute atomic E-state index is 0.148. The molecule has 8 heteroatoms. The zero-order chi connectivity index (χ0) is 13.8. The van der Waals surface area contributed by atoms with Gasteiger partial charge in [0.25, 0.3) is 5.91 Å². The summed E-state index contributed by atoms with van der Waals surface area (Å²) in [7, 11) is 0. The van der Waals surface area contributed by atoms with Gasteiger partial charge in [-0.05, 0) is 19.1 Å². The van der Waals surface area contributed by atoms with Crippen molar-refractivity contribution >= 4 is 40.0 Å². The number of carbonyl (C=O) groups is 2. The fourth-order valence-electron chi connectivity index (χ4n) is 1.37. The molecule has 0 aliphatic carbocycles. The number of nitrogen functional groups attached to an aromatic ring is 1. The number of nitrogens with one attached hydrogen (secondary N) is 2. The number of rotatable bonds is 4. The maximum absolute atomic E-state index is 11.6. The number of nitrogens with zero attached hydrogens (tertiary/aromatic N) is 1. The zero-order valence-electron chi connectivity index (χ0n) is 10.1. The third kappa shape index (κ3) is 3.58. The normalized spacial score (nSPS) is 10.4. The third-order valence-corrected chi connectivity index (χ3v) is 4.55. The van der Waals surface area contributed by atoms with E-state index in [0.717, 1.165) is 9.90 Å². The van der Waals surface area contributed by atoms with Gasteiger partial charge in [0.1, 0.15) is 5.69 Å². The van der Waals surface area contributed by atoms with Crippen LogP contribution in [0, 0.1) is 6.92 Å². The quantitative estimate of drug-likeness (QED) is 0.741. The van der Waals surface area contributed by atoms with Gasteiger partial charge in [-0.1, -0.05) is 11.3 Å². The molecule has 0 aliphatic rings. The van der Waals surface area contributed by atoms with Gasteiger partial charge < -0.3 is 10.7 Å². The highest BCUT2D eigenvalue weighted by molar-refractivity contribution is 8.01. The Morgan fingerprint density at radius 3 is 2.95 bits per heavy atom. The van der Waals surface area contributed by atoms with Crippen molar-refractivity contribution in [2.24, 2.45) is 0 Å². The monoisotopic (exact) mass is 296 g/mol. The Hall–Kier alpha value is -1.80. The number of imide groups is 1. The van der Waals surface area contributed by atoms with Crippen molar-refractivity contribution in [3.05, 3.63) is 29.7 Å². The first kappa shape index (κ1) is 13.6. The number of anilines is 1. The average molecular weight is 296 g/mol. The van der Waals surface area contributed by atoms with E-state index in [2.05, 4.69) is 15.3 Å². The van der Waals surface area contributed by atoms with E-state index in [0.29, 0.717) is 10.8 Å². The molecule has 0 spiro atoms. The number of thioether (sulfide) groups is 1. The summed E-state index contributed by atoms with van der Waals surface area (Å²) in [6.07, 6.45) is 1.62. The van der Waals surface area contributed by atoms with Crippen LogP contribution in [0.1, 0.15) is 16.2 Å². The first-order chi connectivity index (χ1) is 9.06. The number of nitrogens with two attached hydrogens (primary N) is 1. The van der Waals surface area contributed by atoms with E-state index in [1.54, 1.807) is 18.3 Å². The van der Waals surface area contributed by atoms with Crippen molar-refractivity contribution < 1.29 is 9.59 Å². The van der Waals surface area contributed by atoms with Crippen LogP contribution in [-0.4, -0.2) is 27.5 Å². The van der Waals surface area contributed by atoms with Crippen LogP contribution in [0.15, 0.2) is 22.5 Å². The lowest BCUT2D eigenvalue weighted by Crippen LogP contribution is -2.32. The molecule has 0 radical (unpaired) electrons. The molecule has 0 bridgehead atoms. The second-order valence-electron chi connectivity index (χ2n) is 3.67. The Morgan fingerprint density at radius 1 is 1.58 bits per heavy atom. The number of aryl methyl sites for hydroxylation is 1. The Kier molecular flexibility index (Phi) is 4.23. The maximum atomic E-state index is 11.6. The van der Waals surface area contributed by atoms with Gasteiger partial charge in [0.2, 0.25) is 5.91 Å². The highest BCUT2D eigenvalue weighted by atomic mass is 32.2. The molecule has 2 aromatic rings. The van der Waals surface area contributed by atoms with Crippen LogP contribution >= 0.6 is 23.1 Å². The molecule has 100 valence electrons. The van der Waals surface area contributed by atoms with Gasteiger partial charge in [0.05, 0.1) is 15.7 Å². The summed E-state index contributed by atoms with van der Waals surface area (Å²) in [5.41, 5.74) is 6.73. The van der Waals surface area contributed by atoms with Crippen molar-refractivity contribution in [3.8, 4) is 0 Å². The van der Waals surface area contributed by atoms with Crippen LogP contribution in [0.2, 0.25) is 0 Å². The van der Waals surface area contributed by atoms with Crippen LogP contribution in [0.5, 0.6) is 0 Å². The van der Waals surface area contributed by atoms with Crippen LogP contribution in [0.3, 0.4) is 0 Å². The lowest BCUT2D eigenvalue weighted by molar-refractivity contribution is -0.117. The molecule has 0 aliphatic heterocycles. The maximum Gasteiger partial charge on any atom is 0.274 e. The molecule has 6 nitrogen and oxygen atoms in total. The number of amides is 2.